The van der Waals surface area contributed by atoms with Crippen molar-refractivity contribution in [3.63, 3.8) is 0 Å². The molecule has 0 spiro atoms. The number of ether oxygens (including phenoxy) is 2. The van der Waals surface area contributed by atoms with Crippen LogP contribution in [0.5, 0.6) is 11.5 Å². The van der Waals surface area contributed by atoms with Gasteiger partial charge in [-0.25, -0.2) is 4.98 Å². The van der Waals surface area contributed by atoms with Crippen molar-refractivity contribution >= 4 is 29.2 Å². The van der Waals surface area contributed by atoms with E-state index in [2.05, 4.69) is 25.3 Å². The van der Waals surface area contributed by atoms with Crippen LogP contribution in [0.3, 0.4) is 0 Å². The average Bonchev–Trinajstić information content (AvgIpc) is 3.12. The molecule has 3 atom stereocenters. The maximum atomic E-state index is 13.2. The van der Waals surface area contributed by atoms with Crippen LogP contribution in [0.2, 0.25) is 5.02 Å². The quantitative estimate of drug-likeness (QED) is 0.386. The molecule has 2 saturated heterocycles. The Morgan fingerprint density at radius 1 is 1.05 bits per heavy atom. The molecular weight excluding hydrogens is 565 g/mol. The number of pyridine rings is 1. The minimum atomic E-state index is -4.96. The molecule has 1 aromatic carbocycles. The molecule has 224 valence electrons. The minimum absolute atomic E-state index is 0.0271. The molecule has 2 amide bonds. The summed E-state index contributed by atoms with van der Waals surface area (Å²) in [6.45, 7) is 6.27. The fraction of sp³-hybridized carbons (Fsp3) is 0.536. The molecule has 2 aromatic rings. The van der Waals surface area contributed by atoms with Crippen LogP contribution < -0.4 is 25.0 Å². The van der Waals surface area contributed by atoms with Gasteiger partial charge in [-0.05, 0) is 77.6 Å². The first-order chi connectivity index (χ1) is 19.0. The van der Waals surface area contributed by atoms with Crippen LogP contribution >= 0.6 is 11.6 Å². The van der Waals surface area contributed by atoms with E-state index in [0.717, 1.165) is 24.7 Å². The van der Waals surface area contributed by atoms with Crippen LogP contribution in [-0.4, -0.2) is 64.1 Å². The lowest BCUT2D eigenvalue weighted by Gasteiger charge is -2.40. The maximum Gasteiger partial charge on any atom is 0.573 e. The van der Waals surface area contributed by atoms with E-state index in [1.54, 1.807) is 26.0 Å². The number of anilines is 1. The molecule has 0 radical (unpaired) electrons. The molecule has 2 aliphatic heterocycles. The lowest BCUT2D eigenvalue weighted by molar-refractivity contribution is -0.275. The van der Waals surface area contributed by atoms with Crippen LogP contribution in [0, 0.1) is 0 Å². The third-order valence-electron chi connectivity index (χ3n) is 7.07. The summed E-state index contributed by atoms with van der Waals surface area (Å²) < 4.78 is 48.4. The Morgan fingerprint density at radius 3 is 2.27 bits per heavy atom. The molecule has 0 aliphatic carbocycles. The molecular formula is C28H34ClF3N4O5. The van der Waals surface area contributed by atoms with Gasteiger partial charge in [0.05, 0.1) is 11.2 Å². The van der Waals surface area contributed by atoms with Crippen LogP contribution in [0.1, 0.15) is 63.7 Å². The summed E-state index contributed by atoms with van der Waals surface area (Å²) in [5.74, 6) is -0.945. The second-order valence-electron chi connectivity index (χ2n) is 11.6. The molecule has 1 aromatic heterocycles. The fourth-order valence-electron chi connectivity index (χ4n) is 5.19. The molecule has 1 unspecified atom stereocenters. The smallest absolute Gasteiger partial charge is 0.474 e. The number of nitrogens with one attached hydrogen (secondary N) is 2. The summed E-state index contributed by atoms with van der Waals surface area (Å²) in [6, 6.07) is 7.13. The third kappa shape index (κ3) is 7.94. The standard InChI is InChI=1S/C28H34ClF3N4O5/c1-26(2,39)15-34-24(37)16-5-10-23(33-14-16)36-19-7-8-20(36)13-18(12-19)35-25(38)27(3,4)40-21-9-6-17(29)11-22(21)41-28(30,31)32/h5-6,9-11,14,18-20,39H,7-8,12-13,15H2,1-4H3,(H,34,37)(H,35,38)/t18?,19-,20+. The summed E-state index contributed by atoms with van der Waals surface area (Å²) in [6.07, 6.45) is -0.323. The number of hydrogen-bond donors (Lipinski definition) is 3. The van der Waals surface area contributed by atoms with Gasteiger partial charge >= 0.3 is 6.36 Å². The van der Waals surface area contributed by atoms with E-state index in [9.17, 15) is 27.9 Å². The average molecular weight is 599 g/mol. The van der Waals surface area contributed by atoms with E-state index in [4.69, 9.17) is 16.3 Å². The summed E-state index contributed by atoms with van der Waals surface area (Å²) in [5, 5.41) is 15.5. The van der Waals surface area contributed by atoms with Crippen molar-refractivity contribution in [1.82, 2.24) is 15.6 Å². The largest absolute Gasteiger partial charge is 0.573 e. The Hall–Kier alpha value is -3.25. The van der Waals surface area contributed by atoms with Gasteiger partial charge in [0.2, 0.25) is 0 Å². The Morgan fingerprint density at radius 2 is 1.71 bits per heavy atom. The van der Waals surface area contributed by atoms with E-state index >= 15 is 0 Å². The third-order valence-corrected chi connectivity index (χ3v) is 7.30. The van der Waals surface area contributed by atoms with E-state index < -0.39 is 29.2 Å². The summed E-state index contributed by atoms with van der Waals surface area (Å²) in [5.41, 5.74) is -2.14. The number of carbonyl (C=O) groups excluding carboxylic acids is 2. The first kappa shape index (κ1) is 30.7. The van der Waals surface area contributed by atoms with E-state index in [1.165, 1.54) is 32.2 Å². The van der Waals surface area contributed by atoms with Gasteiger partial charge in [-0.15, -0.1) is 13.2 Å². The van der Waals surface area contributed by atoms with Crippen molar-refractivity contribution in [3.8, 4) is 11.5 Å². The molecule has 3 heterocycles. The molecule has 9 nitrogen and oxygen atoms in total. The Balaban J connectivity index is 1.37. The Bertz CT molecular complexity index is 1250. The highest BCUT2D eigenvalue weighted by atomic mass is 35.5. The van der Waals surface area contributed by atoms with Gasteiger partial charge in [0, 0.05) is 42.0 Å². The zero-order chi connectivity index (χ0) is 30.2. The summed E-state index contributed by atoms with van der Waals surface area (Å²) in [4.78, 5) is 32.3. The van der Waals surface area contributed by atoms with Crippen molar-refractivity contribution in [3.05, 3.63) is 47.1 Å². The summed E-state index contributed by atoms with van der Waals surface area (Å²) in [7, 11) is 0. The number of benzene rings is 1. The predicted octanol–water partition coefficient (Wildman–Crippen LogP) is 4.61. The van der Waals surface area contributed by atoms with E-state index in [1.807, 2.05) is 0 Å². The van der Waals surface area contributed by atoms with Crippen molar-refractivity contribution in [1.29, 1.82) is 0 Å². The number of aliphatic hydroxyl groups is 1. The lowest BCUT2D eigenvalue weighted by atomic mass is 9.96. The SMILES string of the molecule is CC(C)(O)CNC(=O)c1ccc(N2[C@@H]3CC[C@H]2CC(NC(=O)C(C)(C)Oc2ccc(Cl)cc2OC(F)(F)F)C3)nc1. The second-order valence-corrected chi connectivity index (χ2v) is 12.0. The minimum Gasteiger partial charge on any atom is -0.474 e. The van der Waals surface area contributed by atoms with Crippen LogP contribution in [0.15, 0.2) is 36.5 Å². The number of hydrogen-bond acceptors (Lipinski definition) is 7. The Kier molecular flexibility index (Phi) is 8.65. The maximum absolute atomic E-state index is 13.2. The first-order valence-electron chi connectivity index (χ1n) is 13.3. The molecule has 2 aliphatic rings. The highest BCUT2D eigenvalue weighted by molar-refractivity contribution is 6.30. The van der Waals surface area contributed by atoms with Gasteiger partial charge in [0.25, 0.3) is 11.8 Å². The molecule has 0 saturated carbocycles. The molecule has 2 fully saturated rings. The number of alkyl halides is 3. The lowest BCUT2D eigenvalue weighted by Crippen LogP contribution is -2.55. The monoisotopic (exact) mass is 598 g/mol. The van der Waals surface area contributed by atoms with Crippen LogP contribution in [-0.2, 0) is 4.79 Å². The number of carbonyl (C=O) groups is 2. The summed E-state index contributed by atoms with van der Waals surface area (Å²) >= 11 is 5.83. The Labute approximate surface area is 241 Å². The van der Waals surface area contributed by atoms with Crippen LogP contribution in [0.25, 0.3) is 0 Å². The zero-order valence-corrected chi connectivity index (χ0v) is 24.0. The van der Waals surface area contributed by atoms with Crippen molar-refractivity contribution in [2.45, 2.75) is 89.1 Å². The van der Waals surface area contributed by atoms with Gasteiger partial charge in [-0.3, -0.25) is 9.59 Å². The fourth-order valence-corrected chi connectivity index (χ4v) is 5.35. The van der Waals surface area contributed by atoms with Crippen molar-refractivity contribution in [2.24, 2.45) is 0 Å². The molecule has 41 heavy (non-hydrogen) atoms. The zero-order valence-electron chi connectivity index (χ0n) is 23.2. The molecule has 4 rings (SSSR count). The predicted molar refractivity (Wildman–Crippen MR) is 146 cm³/mol. The van der Waals surface area contributed by atoms with Crippen molar-refractivity contribution in [2.75, 3.05) is 11.4 Å². The van der Waals surface area contributed by atoms with Gasteiger partial charge in [-0.2, -0.15) is 0 Å². The van der Waals surface area contributed by atoms with Gasteiger partial charge in [-0.1, -0.05) is 11.6 Å². The van der Waals surface area contributed by atoms with Gasteiger partial charge in [0.15, 0.2) is 17.1 Å². The van der Waals surface area contributed by atoms with Crippen molar-refractivity contribution < 1.29 is 37.3 Å². The second kappa shape index (κ2) is 11.6. The highest BCUT2D eigenvalue weighted by Gasteiger charge is 2.43. The number of rotatable bonds is 9. The number of amides is 2. The van der Waals surface area contributed by atoms with Gasteiger partial charge in [0.1, 0.15) is 5.82 Å². The number of fused-ring (bicyclic) bond motifs is 2. The van der Waals surface area contributed by atoms with Crippen LogP contribution in [0.4, 0.5) is 19.0 Å². The van der Waals surface area contributed by atoms with Gasteiger partial charge < -0.3 is 30.1 Å². The molecule has 2 bridgehead atoms. The van der Waals surface area contributed by atoms with E-state index in [0.29, 0.717) is 18.4 Å². The molecule has 13 heteroatoms. The number of nitrogens with zero attached hydrogens (tertiary/aromatic N) is 2. The highest BCUT2D eigenvalue weighted by Crippen LogP contribution is 2.39. The molecule has 3 N–H and O–H groups in total. The number of aromatic nitrogens is 1. The first-order valence-corrected chi connectivity index (χ1v) is 13.7. The normalized spacial score (nSPS) is 20.9. The topological polar surface area (TPSA) is 113 Å². The van der Waals surface area contributed by atoms with E-state index in [-0.39, 0.29) is 41.3 Å². The number of halogens is 4. The number of piperidine rings is 1.